The van der Waals surface area contributed by atoms with E-state index < -0.39 is 0 Å². The lowest BCUT2D eigenvalue weighted by molar-refractivity contribution is 0.102. The zero-order chi connectivity index (χ0) is 23.1. The molecule has 5 aromatic rings. The Kier molecular flexibility index (Phi) is 5.12. The van der Waals surface area contributed by atoms with Crippen molar-refractivity contribution in [3.8, 4) is 0 Å². The van der Waals surface area contributed by atoms with Crippen LogP contribution < -0.4 is 15.5 Å². The molecule has 6 rings (SSSR count). The van der Waals surface area contributed by atoms with Crippen molar-refractivity contribution in [1.82, 2.24) is 30.0 Å². The molecular formula is C23H23N9OS. The van der Waals surface area contributed by atoms with E-state index in [0.29, 0.717) is 17.2 Å². The fourth-order valence-electron chi connectivity index (χ4n) is 4.20. The number of aromatic nitrogens is 5. The Balaban J connectivity index is 1.36. The van der Waals surface area contributed by atoms with Crippen molar-refractivity contribution < 1.29 is 4.79 Å². The van der Waals surface area contributed by atoms with E-state index in [-0.39, 0.29) is 5.91 Å². The molecule has 0 saturated carbocycles. The monoisotopic (exact) mass is 473 g/mol. The van der Waals surface area contributed by atoms with Crippen LogP contribution in [0.3, 0.4) is 0 Å². The Bertz CT molecular complexity index is 1460. The second-order valence-corrected chi connectivity index (χ2v) is 9.25. The third kappa shape index (κ3) is 3.95. The number of benzene rings is 2. The molecule has 1 aliphatic heterocycles. The standard InChI is InChI=1S/C23H23N9OS/c1-31-5-7-32(8-6-31)20-12-19-18(27-22(28-19)29-23-24-4-9-34-23)11-16(20)21(33)26-15-3-2-14-13-25-30-17(14)10-15/h2-4,9-13H,5-8H2,1H3,(H,25,30)(H,26,33)(H2,24,27,28,29). The van der Waals surface area contributed by atoms with Crippen LogP contribution in [0, 0.1) is 0 Å². The molecule has 4 N–H and O–H groups in total. The maximum Gasteiger partial charge on any atom is 0.257 e. The Labute approximate surface area is 199 Å². The van der Waals surface area contributed by atoms with Gasteiger partial charge in [0.1, 0.15) is 0 Å². The summed E-state index contributed by atoms with van der Waals surface area (Å²) in [5.74, 6) is 0.426. The molecule has 0 bridgehead atoms. The number of aromatic amines is 2. The highest BCUT2D eigenvalue weighted by Gasteiger charge is 2.22. The number of carbonyl (C=O) groups excluding carboxylic acids is 1. The van der Waals surface area contributed by atoms with Gasteiger partial charge >= 0.3 is 0 Å². The van der Waals surface area contributed by atoms with Gasteiger partial charge in [-0.3, -0.25) is 9.89 Å². The Morgan fingerprint density at radius 2 is 2.00 bits per heavy atom. The van der Waals surface area contributed by atoms with Crippen molar-refractivity contribution in [1.29, 1.82) is 0 Å². The van der Waals surface area contributed by atoms with Gasteiger partial charge < -0.3 is 25.4 Å². The largest absolute Gasteiger partial charge is 0.368 e. The molecule has 172 valence electrons. The first kappa shape index (κ1) is 20.6. The summed E-state index contributed by atoms with van der Waals surface area (Å²) in [6.07, 6.45) is 3.50. The average molecular weight is 474 g/mol. The second-order valence-electron chi connectivity index (χ2n) is 8.35. The molecule has 11 heteroatoms. The first-order chi connectivity index (χ1) is 16.6. The van der Waals surface area contributed by atoms with E-state index in [0.717, 1.165) is 58.9 Å². The molecule has 1 saturated heterocycles. The molecule has 1 aliphatic rings. The number of H-pyrrole nitrogens is 2. The molecule has 3 aromatic heterocycles. The molecule has 34 heavy (non-hydrogen) atoms. The summed E-state index contributed by atoms with van der Waals surface area (Å²) in [6.45, 7) is 3.56. The molecule has 0 atom stereocenters. The summed E-state index contributed by atoms with van der Waals surface area (Å²) in [6, 6.07) is 9.59. The van der Waals surface area contributed by atoms with Crippen LogP contribution in [0.5, 0.6) is 0 Å². The van der Waals surface area contributed by atoms with Gasteiger partial charge in [-0.2, -0.15) is 5.10 Å². The van der Waals surface area contributed by atoms with Crippen LogP contribution in [0.2, 0.25) is 0 Å². The van der Waals surface area contributed by atoms with Gasteiger partial charge in [0, 0.05) is 48.8 Å². The lowest BCUT2D eigenvalue weighted by Crippen LogP contribution is -2.45. The maximum atomic E-state index is 13.5. The summed E-state index contributed by atoms with van der Waals surface area (Å²) in [5, 5.41) is 16.9. The molecule has 0 unspecified atom stereocenters. The fraction of sp³-hybridized carbons (Fsp3) is 0.217. The Morgan fingerprint density at radius 1 is 1.12 bits per heavy atom. The van der Waals surface area contributed by atoms with Crippen molar-refractivity contribution in [3.05, 3.63) is 53.7 Å². The number of carbonyl (C=O) groups is 1. The fourth-order valence-corrected chi connectivity index (χ4v) is 4.72. The molecule has 1 amide bonds. The van der Waals surface area contributed by atoms with E-state index in [9.17, 15) is 4.79 Å². The number of thiazole rings is 1. The second kappa shape index (κ2) is 8.43. The first-order valence-corrected chi connectivity index (χ1v) is 11.9. The van der Waals surface area contributed by atoms with Crippen LogP contribution >= 0.6 is 11.3 Å². The number of fused-ring (bicyclic) bond motifs is 2. The van der Waals surface area contributed by atoms with Crippen molar-refractivity contribution in [2.45, 2.75) is 0 Å². The smallest absolute Gasteiger partial charge is 0.257 e. The number of rotatable bonds is 5. The minimum Gasteiger partial charge on any atom is -0.368 e. The zero-order valence-corrected chi connectivity index (χ0v) is 19.3. The number of likely N-dealkylation sites (N-methyl/N-ethyl adjacent to an activating group) is 1. The van der Waals surface area contributed by atoms with Crippen LogP contribution in [0.25, 0.3) is 21.9 Å². The SMILES string of the molecule is CN1CCN(c2cc3nc(Nc4nccs4)[nH]c3cc2C(=O)Nc2ccc3cn[nH]c3c2)CC1. The molecule has 4 heterocycles. The molecule has 1 fully saturated rings. The Morgan fingerprint density at radius 3 is 2.82 bits per heavy atom. The minimum absolute atomic E-state index is 0.168. The van der Waals surface area contributed by atoms with Crippen LogP contribution in [0.15, 0.2) is 48.1 Å². The Hall–Kier alpha value is -3.96. The number of amides is 1. The van der Waals surface area contributed by atoms with Gasteiger partial charge in [0.2, 0.25) is 5.95 Å². The number of nitrogens with one attached hydrogen (secondary N) is 4. The van der Waals surface area contributed by atoms with Gasteiger partial charge in [-0.05, 0) is 37.4 Å². The average Bonchev–Trinajstić information content (AvgIpc) is 3.59. The van der Waals surface area contributed by atoms with Gasteiger partial charge in [-0.25, -0.2) is 9.97 Å². The van der Waals surface area contributed by atoms with Crippen LogP contribution in [0.1, 0.15) is 10.4 Å². The van der Waals surface area contributed by atoms with E-state index in [4.69, 9.17) is 4.98 Å². The van der Waals surface area contributed by atoms with E-state index >= 15 is 0 Å². The maximum absolute atomic E-state index is 13.5. The van der Waals surface area contributed by atoms with Crippen LogP contribution in [-0.2, 0) is 0 Å². The number of hydrogen-bond donors (Lipinski definition) is 4. The highest BCUT2D eigenvalue weighted by molar-refractivity contribution is 7.13. The van der Waals surface area contributed by atoms with Crippen LogP contribution in [0.4, 0.5) is 22.5 Å². The number of anilines is 4. The topological polar surface area (TPSA) is 118 Å². The van der Waals surface area contributed by atoms with Crippen molar-refractivity contribution in [3.63, 3.8) is 0 Å². The van der Waals surface area contributed by atoms with Gasteiger partial charge in [-0.15, -0.1) is 11.3 Å². The lowest BCUT2D eigenvalue weighted by atomic mass is 10.1. The van der Waals surface area contributed by atoms with Crippen molar-refractivity contribution in [2.75, 3.05) is 48.8 Å². The normalized spacial score (nSPS) is 14.7. The first-order valence-electron chi connectivity index (χ1n) is 11.0. The summed E-state index contributed by atoms with van der Waals surface area (Å²) in [4.78, 5) is 30.3. The zero-order valence-electron chi connectivity index (χ0n) is 18.5. The number of imidazole rings is 1. The lowest BCUT2D eigenvalue weighted by Gasteiger charge is -2.35. The summed E-state index contributed by atoms with van der Waals surface area (Å²) in [7, 11) is 2.12. The van der Waals surface area contributed by atoms with E-state index in [1.165, 1.54) is 11.3 Å². The number of hydrogen-bond acceptors (Lipinski definition) is 8. The molecular weight excluding hydrogens is 450 g/mol. The van der Waals surface area contributed by atoms with Crippen molar-refractivity contribution in [2.24, 2.45) is 0 Å². The quantitative estimate of drug-likeness (QED) is 0.308. The molecule has 0 spiro atoms. The molecule has 2 aromatic carbocycles. The van der Waals surface area contributed by atoms with Crippen LogP contribution in [-0.4, -0.2) is 69.2 Å². The predicted octanol–water partition coefficient (Wildman–Crippen LogP) is 3.64. The highest BCUT2D eigenvalue weighted by atomic mass is 32.1. The number of nitrogens with zero attached hydrogens (tertiary/aromatic N) is 5. The molecule has 0 radical (unpaired) electrons. The van der Waals surface area contributed by atoms with Crippen molar-refractivity contribution >= 4 is 61.6 Å². The predicted molar refractivity (Wildman–Crippen MR) is 135 cm³/mol. The van der Waals surface area contributed by atoms with Gasteiger partial charge in [-0.1, -0.05) is 0 Å². The highest BCUT2D eigenvalue weighted by Crippen LogP contribution is 2.30. The van der Waals surface area contributed by atoms with E-state index in [2.05, 4.69) is 47.6 Å². The summed E-state index contributed by atoms with van der Waals surface area (Å²) >= 11 is 1.50. The van der Waals surface area contributed by atoms with E-state index in [1.807, 2.05) is 35.7 Å². The third-order valence-corrected chi connectivity index (χ3v) is 6.73. The number of piperazine rings is 1. The minimum atomic E-state index is -0.168. The van der Waals surface area contributed by atoms with E-state index in [1.54, 1.807) is 12.4 Å². The molecule has 10 nitrogen and oxygen atoms in total. The molecule has 0 aliphatic carbocycles. The third-order valence-electron chi connectivity index (χ3n) is 6.05. The van der Waals surface area contributed by atoms with Gasteiger partial charge in [0.15, 0.2) is 5.13 Å². The van der Waals surface area contributed by atoms with Gasteiger partial charge in [0.25, 0.3) is 5.91 Å². The summed E-state index contributed by atoms with van der Waals surface area (Å²) < 4.78 is 0. The summed E-state index contributed by atoms with van der Waals surface area (Å²) in [5.41, 5.74) is 4.65. The van der Waals surface area contributed by atoms with Gasteiger partial charge in [0.05, 0.1) is 34.0 Å².